The predicted octanol–water partition coefficient (Wildman–Crippen LogP) is 0.497. The van der Waals surface area contributed by atoms with Gasteiger partial charge in [0, 0.05) is 12.5 Å². The first-order valence-corrected chi connectivity index (χ1v) is 4.20. The maximum atomic E-state index is 11.1. The molecular formula is C8H18N2O. The largest absolute Gasteiger partial charge is 0.356 e. The fraction of sp³-hybridized carbons (Fsp3) is 0.875. The number of hydrogen-bond donors (Lipinski definition) is 2. The third-order valence-electron chi connectivity index (χ3n) is 1.74. The topological polar surface area (TPSA) is 55.1 Å². The van der Waals surface area contributed by atoms with Gasteiger partial charge >= 0.3 is 0 Å². The summed E-state index contributed by atoms with van der Waals surface area (Å²) in [5.74, 6) is 0.272. The molecule has 0 spiro atoms. The molecule has 0 aliphatic carbocycles. The van der Waals surface area contributed by atoms with E-state index in [0.29, 0.717) is 13.1 Å². The molecular weight excluding hydrogens is 140 g/mol. The fourth-order valence-corrected chi connectivity index (χ4v) is 0.673. The van der Waals surface area contributed by atoms with Crippen molar-refractivity contribution in [1.29, 1.82) is 0 Å². The molecule has 3 nitrogen and oxygen atoms in total. The van der Waals surface area contributed by atoms with Gasteiger partial charge in [-0.15, -0.1) is 0 Å². The zero-order valence-corrected chi connectivity index (χ0v) is 7.39. The van der Waals surface area contributed by atoms with Crippen LogP contribution in [0.15, 0.2) is 0 Å². The summed E-state index contributed by atoms with van der Waals surface area (Å²) in [6.45, 7) is 5.28. The second-order valence-electron chi connectivity index (χ2n) is 2.74. The predicted molar refractivity (Wildman–Crippen MR) is 46.1 cm³/mol. The average Bonchev–Trinajstić information content (AvgIpc) is 2.03. The lowest BCUT2D eigenvalue weighted by molar-refractivity contribution is -0.124. The Balaban J connectivity index is 3.36. The van der Waals surface area contributed by atoms with Crippen LogP contribution in [0.3, 0.4) is 0 Å². The van der Waals surface area contributed by atoms with E-state index in [4.69, 9.17) is 5.73 Å². The minimum Gasteiger partial charge on any atom is -0.356 e. The Bertz CT molecular complexity index is 115. The third kappa shape index (κ3) is 4.79. The molecule has 0 saturated heterocycles. The molecule has 3 heteroatoms. The van der Waals surface area contributed by atoms with Gasteiger partial charge in [0.2, 0.25) is 5.91 Å². The van der Waals surface area contributed by atoms with Crippen LogP contribution in [0.4, 0.5) is 0 Å². The Morgan fingerprint density at radius 2 is 2.27 bits per heavy atom. The Hall–Kier alpha value is -0.570. The van der Waals surface area contributed by atoms with Crippen molar-refractivity contribution in [1.82, 2.24) is 5.32 Å². The van der Waals surface area contributed by atoms with Crippen molar-refractivity contribution in [2.75, 3.05) is 13.1 Å². The average molecular weight is 158 g/mol. The highest BCUT2D eigenvalue weighted by Gasteiger charge is 2.07. The monoisotopic (exact) mass is 158 g/mol. The zero-order chi connectivity index (χ0) is 8.69. The van der Waals surface area contributed by atoms with Gasteiger partial charge in [0.1, 0.15) is 0 Å². The molecule has 66 valence electrons. The molecule has 0 aromatic heterocycles. The highest BCUT2D eigenvalue weighted by molar-refractivity contribution is 5.78. The summed E-state index contributed by atoms with van der Waals surface area (Å²) in [5.41, 5.74) is 5.27. The second-order valence-corrected chi connectivity index (χ2v) is 2.74. The van der Waals surface area contributed by atoms with E-state index in [0.717, 1.165) is 12.8 Å². The summed E-state index contributed by atoms with van der Waals surface area (Å²) in [5, 5.41) is 2.82. The molecule has 1 unspecified atom stereocenters. The highest BCUT2D eigenvalue weighted by Crippen LogP contribution is 1.98. The van der Waals surface area contributed by atoms with Gasteiger partial charge in [-0.25, -0.2) is 0 Å². The number of nitrogens with one attached hydrogen (secondary N) is 1. The van der Waals surface area contributed by atoms with Gasteiger partial charge in [-0.2, -0.15) is 0 Å². The molecule has 0 aliphatic rings. The Morgan fingerprint density at radius 3 is 2.73 bits per heavy atom. The van der Waals surface area contributed by atoms with Gasteiger partial charge in [-0.3, -0.25) is 4.79 Å². The van der Waals surface area contributed by atoms with Crippen LogP contribution in [0.1, 0.15) is 26.7 Å². The molecule has 0 aromatic carbocycles. The van der Waals surface area contributed by atoms with Crippen LogP contribution in [0.2, 0.25) is 0 Å². The molecule has 3 N–H and O–H groups in total. The maximum absolute atomic E-state index is 11.1. The number of rotatable bonds is 5. The van der Waals surface area contributed by atoms with Crippen molar-refractivity contribution in [3.8, 4) is 0 Å². The van der Waals surface area contributed by atoms with E-state index in [1.807, 2.05) is 13.8 Å². The van der Waals surface area contributed by atoms with E-state index in [-0.39, 0.29) is 11.8 Å². The minimum absolute atomic E-state index is 0.132. The zero-order valence-electron chi connectivity index (χ0n) is 7.39. The first-order chi connectivity index (χ1) is 5.22. The lowest BCUT2D eigenvalue weighted by atomic mass is 10.1. The molecule has 0 rings (SSSR count). The van der Waals surface area contributed by atoms with Gasteiger partial charge in [0.15, 0.2) is 0 Å². The van der Waals surface area contributed by atoms with E-state index in [1.165, 1.54) is 0 Å². The smallest absolute Gasteiger partial charge is 0.222 e. The Morgan fingerprint density at radius 1 is 1.64 bits per heavy atom. The maximum Gasteiger partial charge on any atom is 0.222 e. The van der Waals surface area contributed by atoms with Gasteiger partial charge in [0.25, 0.3) is 0 Å². The molecule has 0 radical (unpaired) electrons. The number of carbonyl (C=O) groups is 1. The standard InChI is InChI=1S/C8H18N2O/c1-3-7(2)8(11)10-6-4-5-9/h7H,3-6,9H2,1-2H3,(H,10,11). The van der Waals surface area contributed by atoms with E-state index in [1.54, 1.807) is 0 Å². The number of nitrogens with two attached hydrogens (primary N) is 1. The van der Waals surface area contributed by atoms with Crippen LogP contribution in [-0.4, -0.2) is 19.0 Å². The molecule has 0 saturated carbocycles. The molecule has 0 heterocycles. The summed E-state index contributed by atoms with van der Waals surface area (Å²) in [6.07, 6.45) is 1.76. The van der Waals surface area contributed by atoms with Crippen molar-refractivity contribution in [2.24, 2.45) is 11.7 Å². The first-order valence-electron chi connectivity index (χ1n) is 4.20. The van der Waals surface area contributed by atoms with Gasteiger partial charge in [-0.1, -0.05) is 13.8 Å². The van der Waals surface area contributed by atoms with E-state index < -0.39 is 0 Å². The summed E-state index contributed by atoms with van der Waals surface area (Å²) in [7, 11) is 0. The van der Waals surface area contributed by atoms with E-state index >= 15 is 0 Å². The molecule has 0 bridgehead atoms. The van der Waals surface area contributed by atoms with Crippen LogP contribution >= 0.6 is 0 Å². The van der Waals surface area contributed by atoms with Gasteiger partial charge in [0.05, 0.1) is 0 Å². The third-order valence-corrected chi connectivity index (χ3v) is 1.74. The molecule has 0 aliphatic heterocycles. The van der Waals surface area contributed by atoms with Gasteiger partial charge in [-0.05, 0) is 19.4 Å². The molecule has 11 heavy (non-hydrogen) atoms. The highest BCUT2D eigenvalue weighted by atomic mass is 16.1. The molecule has 1 atom stereocenters. The lowest BCUT2D eigenvalue weighted by Gasteiger charge is -2.08. The molecule has 0 fully saturated rings. The SMILES string of the molecule is CCC(C)C(=O)NCCCN. The van der Waals surface area contributed by atoms with E-state index in [2.05, 4.69) is 5.32 Å². The molecule has 1 amide bonds. The van der Waals surface area contributed by atoms with Crippen LogP contribution in [-0.2, 0) is 4.79 Å². The van der Waals surface area contributed by atoms with Crippen molar-refractivity contribution < 1.29 is 4.79 Å². The lowest BCUT2D eigenvalue weighted by Crippen LogP contribution is -2.30. The van der Waals surface area contributed by atoms with Crippen molar-refractivity contribution in [2.45, 2.75) is 26.7 Å². The van der Waals surface area contributed by atoms with Crippen LogP contribution in [0.25, 0.3) is 0 Å². The van der Waals surface area contributed by atoms with Crippen molar-refractivity contribution >= 4 is 5.91 Å². The number of hydrogen-bond acceptors (Lipinski definition) is 2. The summed E-state index contributed by atoms with van der Waals surface area (Å²) in [6, 6.07) is 0. The van der Waals surface area contributed by atoms with Crippen molar-refractivity contribution in [3.05, 3.63) is 0 Å². The summed E-state index contributed by atoms with van der Waals surface area (Å²) in [4.78, 5) is 11.1. The molecule has 0 aromatic rings. The summed E-state index contributed by atoms with van der Waals surface area (Å²) < 4.78 is 0. The Kier molecular flexibility index (Phi) is 5.84. The summed E-state index contributed by atoms with van der Waals surface area (Å²) >= 11 is 0. The quantitative estimate of drug-likeness (QED) is 0.572. The van der Waals surface area contributed by atoms with Gasteiger partial charge < -0.3 is 11.1 Å². The van der Waals surface area contributed by atoms with Crippen LogP contribution in [0, 0.1) is 5.92 Å². The minimum atomic E-state index is 0.132. The number of amides is 1. The van der Waals surface area contributed by atoms with E-state index in [9.17, 15) is 4.79 Å². The normalized spacial score (nSPS) is 12.6. The Labute approximate surface area is 68.3 Å². The second kappa shape index (κ2) is 6.16. The van der Waals surface area contributed by atoms with Crippen LogP contribution in [0.5, 0.6) is 0 Å². The van der Waals surface area contributed by atoms with Crippen LogP contribution < -0.4 is 11.1 Å². The number of carbonyl (C=O) groups excluding carboxylic acids is 1. The first kappa shape index (κ1) is 10.4. The fourth-order valence-electron chi connectivity index (χ4n) is 0.673. The van der Waals surface area contributed by atoms with Crippen molar-refractivity contribution in [3.63, 3.8) is 0 Å².